The Labute approximate surface area is 208 Å². The van der Waals surface area contributed by atoms with Gasteiger partial charge in [0.25, 0.3) is 0 Å². The average Bonchev–Trinajstić information content (AvgIpc) is 2.72. The average molecular weight is 518 g/mol. The fourth-order valence-electron chi connectivity index (χ4n) is 4.67. The smallest absolute Gasteiger partial charge is 0.413 e. The van der Waals surface area contributed by atoms with Gasteiger partial charge >= 0.3 is 12.3 Å². The molecule has 7 nitrogen and oxygen atoms in total. The van der Waals surface area contributed by atoms with Crippen molar-refractivity contribution in [3.8, 4) is 0 Å². The van der Waals surface area contributed by atoms with Crippen molar-refractivity contribution in [2.24, 2.45) is 5.92 Å². The number of halogens is 3. The summed E-state index contributed by atoms with van der Waals surface area (Å²) in [5, 5.41) is 2.17. The van der Waals surface area contributed by atoms with E-state index in [1.165, 1.54) is 9.80 Å². The van der Waals surface area contributed by atoms with Crippen molar-refractivity contribution in [2.75, 3.05) is 13.1 Å². The second-order valence-electron chi connectivity index (χ2n) is 10.5. The number of hydrogen-bond acceptors (Lipinski definition) is 5. The summed E-state index contributed by atoms with van der Waals surface area (Å²) < 4.78 is 47.7. The zero-order chi connectivity index (χ0) is 26.3. The highest BCUT2D eigenvalue weighted by molar-refractivity contribution is 8.04. The SMILES string of the molecule is CC(C)N(C(=O)C1CC2=C(C=C1C(F)(F)F)S[C@@H](C)C(=O)N2)C1CCCN(C(=O)OC(C)(C)C)C1. The number of thioether (sulfide) groups is 1. The monoisotopic (exact) mass is 517 g/mol. The van der Waals surface area contributed by atoms with Gasteiger partial charge in [0.2, 0.25) is 11.8 Å². The number of allylic oxidation sites excluding steroid dienone is 2. The summed E-state index contributed by atoms with van der Waals surface area (Å²) in [7, 11) is 0. The second kappa shape index (κ2) is 10.1. The van der Waals surface area contributed by atoms with Crippen molar-refractivity contribution in [3.63, 3.8) is 0 Å². The molecule has 0 aromatic carbocycles. The van der Waals surface area contributed by atoms with Crippen LogP contribution in [0.15, 0.2) is 22.3 Å². The van der Waals surface area contributed by atoms with Gasteiger partial charge in [-0.25, -0.2) is 4.79 Å². The number of ether oxygens (including phenoxy) is 1. The van der Waals surface area contributed by atoms with E-state index in [9.17, 15) is 27.6 Å². The number of alkyl halides is 3. The van der Waals surface area contributed by atoms with E-state index in [0.29, 0.717) is 30.0 Å². The highest BCUT2D eigenvalue weighted by atomic mass is 32.2. The number of hydrogen-bond donors (Lipinski definition) is 1. The molecule has 35 heavy (non-hydrogen) atoms. The predicted octanol–water partition coefficient (Wildman–Crippen LogP) is 4.59. The van der Waals surface area contributed by atoms with Crippen LogP contribution in [-0.2, 0) is 14.3 Å². The van der Waals surface area contributed by atoms with E-state index in [-0.39, 0.29) is 24.9 Å². The third-order valence-corrected chi connectivity index (χ3v) is 7.38. The molecule has 1 saturated heterocycles. The number of carbonyl (C=O) groups excluding carboxylic acids is 3. The van der Waals surface area contributed by atoms with Crippen LogP contribution in [0.1, 0.15) is 60.8 Å². The van der Waals surface area contributed by atoms with Gasteiger partial charge in [-0.05, 0) is 60.5 Å². The fourth-order valence-corrected chi connectivity index (χ4v) is 5.68. The molecule has 3 atom stereocenters. The fraction of sp³-hybridized carbons (Fsp3) is 0.708. The lowest BCUT2D eigenvalue weighted by molar-refractivity contribution is -0.145. The zero-order valence-electron chi connectivity index (χ0n) is 21.0. The van der Waals surface area contributed by atoms with Gasteiger partial charge < -0.3 is 19.9 Å². The maximum atomic E-state index is 14.1. The van der Waals surface area contributed by atoms with Crippen LogP contribution in [-0.4, -0.2) is 69.9 Å². The molecule has 1 fully saturated rings. The van der Waals surface area contributed by atoms with E-state index < -0.39 is 46.6 Å². The molecule has 0 aromatic heterocycles. The van der Waals surface area contributed by atoms with E-state index in [4.69, 9.17) is 4.74 Å². The van der Waals surface area contributed by atoms with Crippen LogP contribution in [0.4, 0.5) is 18.0 Å². The molecule has 1 N–H and O–H groups in total. The molecule has 2 aliphatic heterocycles. The lowest BCUT2D eigenvalue weighted by Gasteiger charge is -2.43. The molecule has 0 saturated carbocycles. The number of nitrogens with zero attached hydrogens (tertiary/aromatic N) is 2. The Kier molecular flexibility index (Phi) is 7.88. The summed E-state index contributed by atoms with van der Waals surface area (Å²) in [4.78, 5) is 41.8. The lowest BCUT2D eigenvalue weighted by Crippen LogP contribution is -2.56. The Bertz CT molecular complexity index is 939. The maximum Gasteiger partial charge on any atom is 0.413 e. The summed E-state index contributed by atoms with van der Waals surface area (Å²) in [5.41, 5.74) is -1.23. The predicted molar refractivity (Wildman–Crippen MR) is 127 cm³/mol. The summed E-state index contributed by atoms with van der Waals surface area (Å²) in [6.07, 6.45) is -3.24. The van der Waals surface area contributed by atoms with Crippen molar-refractivity contribution < 1.29 is 32.3 Å². The molecule has 3 rings (SSSR count). The Morgan fingerprint density at radius 2 is 1.91 bits per heavy atom. The molecule has 2 unspecified atom stereocenters. The highest BCUT2D eigenvalue weighted by Gasteiger charge is 2.48. The van der Waals surface area contributed by atoms with Crippen LogP contribution in [0.25, 0.3) is 0 Å². The molecule has 0 spiro atoms. The third-order valence-electron chi connectivity index (χ3n) is 6.19. The molecule has 0 aromatic rings. The van der Waals surface area contributed by atoms with Gasteiger partial charge in [-0.15, -0.1) is 11.8 Å². The van der Waals surface area contributed by atoms with Crippen LogP contribution in [0.2, 0.25) is 0 Å². The minimum Gasteiger partial charge on any atom is -0.444 e. The minimum absolute atomic E-state index is 0.189. The normalized spacial score (nSPS) is 25.7. The van der Waals surface area contributed by atoms with Gasteiger partial charge in [-0.3, -0.25) is 9.59 Å². The van der Waals surface area contributed by atoms with Crippen LogP contribution in [0.3, 0.4) is 0 Å². The van der Waals surface area contributed by atoms with Gasteiger partial charge in [-0.1, -0.05) is 0 Å². The molecular formula is C24H34F3N3O4S. The molecule has 0 radical (unpaired) electrons. The quantitative estimate of drug-likeness (QED) is 0.592. The number of amides is 3. The number of nitrogens with one attached hydrogen (secondary N) is 1. The first-order valence-electron chi connectivity index (χ1n) is 11.9. The molecule has 0 bridgehead atoms. The van der Waals surface area contributed by atoms with Crippen molar-refractivity contribution in [1.29, 1.82) is 0 Å². The third kappa shape index (κ3) is 6.34. The van der Waals surface area contributed by atoms with Gasteiger partial charge in [0, 0.05) is 47.8 Å². The van der Waals surface area contributed by atoms with E-state index in [1.54, 1.807) is 41.5 Å². The first-order valence-corrected chi connectivity index (χ1v) is 12.8. The molecule has 11 heteroatoms. The van der Waals surface area contributed by atoms with Crippen molar-refractivity contribution in [2.45, 2.75) is 89.9 Å². The largest absolute Gasteiger partial charge is 0.444 e. The Morgan fingerprint density at radius 1 is 1.26 bits per heavy atom. The van der Waals surface area contributed by atoms with Gasteiger partial charge in [0.05, 0.1) is 11.2 Å². The lowest BCUT2D eigenvalue weighted by atomic mass is 9.86. The molecule has 1 aliphatic carbocycles. The van der Waals surface area contributed by atoms with Crippen LogP contribution >= 0.6 is 11.8 Å². The minimum atomic E-state index is -4.69. The maximum absolute atomic E-state index is 14.1. The summed E-state index contributed by atoms with van der Waals surface area (Å²) in [6, 6.07) is -0.824. The van der Waals surface area contributed by atoms with Gasteiger partial charge in [0.15, 0.2) is 0 Å². The van der Waals surface area contributed by atoms with E-state index in [2.05, 4.69) is 5.32 Å². The molecule has 3 aliphatic rings. The van der Waals surface area contributed by atoms with Crippen LogP contribution < -0.4 is 5.32 Å². The molecule has 3 amide bonds. The Morgan fingerprint density at radius 3 is 2.49 bits per heavy atom. The summed E-state index contributed by atoms with van der Waals surface area (Å²) in [5.74, 6) is -2.41. The number of rotatable bonds is 3. The molecule has 196 valence electrons. The van der Waals surface area contributed by atoms with Crippen LogP contribution in [0.5, 0.6) is 0 Å². The van der Waals surface area contributed by atoms with E-state index >= 15 is 0 Å². The Hall–Kier alpha value is -2.17. The molecular weight excluding hydrogens is 483 g/mol. The van der Waals surface area contributed by atoms with Gasteiger partial charge in [0.1, 0.15) is 5.60 Å². The standard InChI is InChI=1S/C24H34F3N3O4S/c1-13(2)30(15-8-7-9-29(12-15)22(33)34-23(4,5)6)21(32)16-10-18-19(11-17(16)24(25,26)27)35-14(3)20(31)28-18/h11,13-16H,7-10,12H2,1-6H3,(H,28,31)/t14-,15?,16?/m0/s1. The highest BCUT2D eigenvalue weighted by Crippen LogP contribution is 2.45. The topological polar surface area (TPSA) is 79.0 Å². The van der Waals surface area contributed by atoms with Crippen LogP contribution in [0, 0.1) is 5.92 Å². The summed E-state index contributed by atoms with van der Waals surface area (Å²) >= 11 is 1.07. The Balaban J connectivity index is 1.87. The van der Waals surface area contributed by atoms with E-state index in [1.807, 2.05) is 0 Å². The second-order valence-corrected chi connectivity index (χ2v) is 11.9. The summed E-state index contributed by atoms with van der Waals surface area (Å²) in [6.45, 7) is 11.1. The number of carbonyl (C=O) groups is 3. The molecule has 2 heterocycles. The van der Waals surface area contributed by atoms with Gasteiger partial charge in [-0.2, -0.15) is 13.2 Å². The van der Waals surface area contributed by atoms with Crippen molar-refractivity contribution in [3.05, 3.63) is 22.3 Å². The van der Waals surface area contributed by atoms with E-state index in [0.717, 1.165) is 17.8 Å². The number of likely N-dealkylation sites (tertiary alicyclic amines) is 1. The first kappa shape index (κ1) is 27.4. The van der Waals surface area contributed by atoms with Crippen molar-refractivity contribution >= 4 is 29.7 Å². The number of piperidine rings is 1. The first-order chi connectivity index (χ1) is 16.1. The zero-order valence-corrected chi connectivity index (χ0v) is 21.8. The van der Waals surface area contributed by atoms with Crippen molar-refractivity contribution in [1.82, 2.24) is 15.1 Å².